The van der Waals surface area contributed by atoms with Gasteiger partial charge in [0, 0.05) is 0 Å². The lowest BCUT2D eigenvalue weighted by molar-refractivity contribution is 0.100. The van der Waals surface area contributed by atoms with Crippen LogP contribution in [-0.2, 0) is 6.42 Å². The fourth-order valence-corrected chi connectivity index (χ4v) is 3.81. The van der Waals surface area contributed by atoms with Crippen LogP contribution < -0.4 is 11.3 Å². The van der Waals surface area contributed by atoms with Crippen molar-refractivity contribution in [3.8, 4) is 0 Å². The first kappa shape index (κ1) is 14.9. The topological polar surface area (TPSA) is 93.2 Å². The molecule has 3 aromatic rings. The van der Waals surface area contributed by atoms with Gasteiger partial charge in [0.1, 0.15) is 5.56 Å². The first-order chi connectivity index (χ1) is 11.6. The Morgan fingerprint density at radius 2 is 2.00 bits per heavy atom. The van der Waals surface area contributed by atoms with Gasteiger partial charge in [0.05, 0.1) is 16.6 Å². The molecule has 1 aliphatic carbocycles. The van der Waals surface area contributed by atoms with E-state index in [9.17, 15) is 9.59 Å². The normalized spacial score (nSPS) is 16.0. The zero-order valence-corrected chi connectivity index (χ0v) is 13.4. The van der Waals surface area contributed by atoms with Crippen molar-refractivity contribution >= 4 is 22.5 Å². The molecule has 1 saturated carbocycles. The number of nitrogens with two attached hydrogens (primary N) is 1. The molecule has 4 rings (SSSR count). The highest BCUT2D eigenvalue weighted by Crippen LogP contribution is 2.28. The van der Waals surface area contributed by atoms with Crippen molar-refractivity contribution in [1.82, 2.24) is 14.6 Å². The van der Waals surface area contributed by atoms with Gasteiger partial charge < -0.3 is 10.7 Å². The molecule has 6 nitrogen and oxygen atoms in total. The second-order valence-electron chi connectivity index (χ2n) is 6.63. The Hall–Kier alpha value is -2.63. The van der Waals surface area contributed by atoms with Gasteiger partial charge in [-0.25, -0.2) is 0 Å². The molecule has 0 aliphatic heterocycles. The molecule has 3 N–H and O–H groups in total. The average Bonchev–Trinajstić information content (AvgIpc) is 2.94. The quantitative estimate of drug-likeness (QED) is 0.774. The van der Waals surface area contributed by atoms with Crippen LogP contribution in [0, 0.1) is 5.92 Å². The van der Waals surface area contributed by atoms with Crippen molar-refractivity contribution in [3.05, 3.63) is 45.9 Å². The smallest absolute Gasteiger partial charge is 0.282 e. The zero-order chi connectivity index (χ0) is 16.7. The number of nitrogens with one attached hydrogen (secondary N) is 1. The summed E-state index contributed by atoms with van der Waals surface area (Å²) in [5.41, 5.74) is 7.45. The lowest BCUT2D eigenvalue weighted by Crippen LogP contribution is -2.17. The maximum Gasteiger partial charge on any atom is 0.282 e. The largest absolute Gasteiger partial charge is 0.365 e. The Balaban J connectivity index is 1.91. The van der Waals surface area contributed by atoms with Gasteiger partial charge in [-0.05, 0) is 24.5 Å². The highest BCUT2D eigenvalue weighted by Gasteiger charge is 2.24. The van der Waals surface area contributed by atoms with Crippen LogP contribution in [0.15, 0.2) is 29.1 Å². The van der Waals surface area contributed by atoms with E-state index in [1.165, 1.54) is 23.8 Å². The number of hydrogen-bond donors (Lipinski definition) is 2. The molecule has 0 spiro atoms. The summed E-state index contributed by atoms with van der Waals surface area (Å²) in [5.74, 6) is -0.0342. The molecule has 1 fully saturated rings. The minimum Gasteiger partial charge on any atom is -0.365 e. The average molecular weight is 324 g/mol. The van der Waals surface area contributed by atoms with Crippen molar-refractivity contribution in [3.63, 3.8) is 0 Å². The van der Waals surface area contributed by atoms with E-state index in [0.29, 0.717) is 40.1 Å². The summed E-state index contributed by atoms with van der Waals surface area (Å²) >= 11 is 0. The fraction of sp³-hybridized carbons (Fsp3) is 0.389. The molecular formula is C18H20N4O2. The highest BCUT2D eigenvalue weighted by molar-refractivity contribution is 6.00. The van der Waals surface area contributed by atoms with Crippen LogP contribution >= 0.6 is 0 Å². The van der Waals surface area contributed by atoms with Crippen molar-refractivity contribution in [2.75, 3.05) is 0 Å². The Labute approximate surface area is 138 Å². The van der Waals surface area contributed by atoms with Crippen LogP contribution in [0.3, 0.4) is 0 Å². The van der Waals surface area contributed by atoms with Crippen LogP contribution in [0.4, 0.5) is 0 Å². The summed E-state index contributed by atoms with van der Waals surface area (Å²) < 4.78 is 1.29. The third kappa shape index (κ3) is 2.38. The number of nitrogens with zero attached hydrogens (tertiary/aromatic N) is 2. The summed E-state index contributed by atoms with van der Waals surface area (Å²) in [6, 6.07) is 7.22. The number of rotatable bonds is 3. The number of H-pyrrole nitrogens is 1. The monoisotopic (exact) mass is 324 g/mol. The van der Waals surface area contributed by atoms with Gasteiger partial charge in [0.15, 0.2) is 5.65 Å². The standard InChI is InChI=1S/C18H20N4O2/c19-16(23)15-14(10-11-6-2-1-3-7-11)21-22-17(15)20-13-9-5-4-8-12(13)18(22)24/h4-5,8-9,11,20H,1-3,6-7,10H2,(H2,19,23). The molecule has 0 saturated heterocycles. The molecule has 2 heterocycles. The van der Waals surface area contributed by atoms with Crippen LogP contribution in [0.1, 0.15) is 48.2 Å². The van der Waals surface area contributed by atoms with E-state index in [2.05, 4.69) is 10.1 Å². The Bertz CT molecular complexity index is 980. The van der Waals surface area contributed by atoms with Crippen LogP contribution in [0.25, 0.3) is 16.6 Å². The van der Waals surface area contributed by atoms with Gasteiger partial charge in [-0.1, -0.05) is 44.2 Å². The van der Waals surface area contributed by atoms with E-state index in [-0.39, 0.29) is 5.56 Å². The number of aromatic nitrogens is 3. The van der Waals surface area contributed by atoms with Crippen LogP contribution in [-0.4, -0.2) is 20.5 Å². The van der Waals surface area contributed by atoms with Gasteiger partial charge in [-0.3, -0.25) is 9.59 Å². The van der Waals surface area contributed by atoms with Crippen molar-refractivity contribution < 1.29 is 4.79 Å². The molecule has 1 aliphatic rings. The van der Waals surface area contributed by atoms with Crippen molar-refractivity contribution in [2.45, 2.75) is 38.5 Å². The first-order valence-corrected chi connectivity index (χ1v) is 8.47. The third-order valence-corrected chi connectivity index (χ3v) is 5.01. The summed E-state index contributed by atoms with van der Waals surface area (Å²) in [6.07, 6.45) is 6.68. The number of hydrogen-bond acceptors (Lipinski definition) is 3. The SMILES string of the molecule is NC(=O)c1c(CC2CCCCC2)nn2c(=O)c3ccccc3[nH]c12. The van der Waals surface area contributed by atoms with Gasteiger partial charge in [0.25, 0.3) is 11.5 Å². The maximum absolute atomic E-state index is 12.7. The maximum atomic E-state index is 12.7. The molecule has 0 radical (unpaired) electrons. The first-order valence-electron chi connectivity index (χ1n) is 8.47. The van der Waals surface area contributed by atoms with E-state index in [1.807, 2.05) is 18.2 Å². The fourth-order valence-electron chi connectivity index (χ4n) is 3.81. The third-order valence-electron chi connectivity index (χ3n) is 5.01. The number of fused-ring (bicyclic) bond motifs is 2. The molecule has 2 aromatic heterocycles. The minimum absolute atomic E-state index is 0.225. The summed E-state index contributed by atoms with van der Waals surface area (Å²) in [4.78, 5) is 27.9. The van der Waals surface area contributed by atoms with Crippen molar-refractivity contribution in [1.29, 1.82) is 0 Å². The van der Waals surface area contributed by atoms with E-state index in [1.54, 1.807) is 6.07 Å². The van der Waals surface area contributed by atoms with E-state index in [0.717, 1.165) is 12.8 Å². The minimum atomic E-state index is -0.540. The van der Waals surface area contributed by atoms with Crippen LogP contribution in [0.2, 0.25) is 0 Å². The second kappa shape index (κ2) is 5.78. The van der Waals surface area contributed by atoms with Crippen LogP contribution in [0.5, 0.6) is 0 Å². The number of aromatic amines is 1. The number of carbonyl (C=O) groups is 1. The predicted molar refractivity (Wildman–Crippen MR) is 92.1 cm³/mol. The molecule has 0 unspecified atom stereocenters. The van der Waals surface area contributed by atoms with E-state index < -0.39 is 5.91 Å². The van der Waals surface area contributed by atoms with Gasteiger partial charge in [-0.15, -0.1) is 0 Å². The number of para-hydroxylation sites is 1. The molecule has 0 atom stereocenters. The summed E-state index contributed by atoms with van der Waals surface area (Å²) in [5, 5.41) is 5.00. The molecule has 124 valence electrons. The molecule has 24 heavy (non-hydrogen) atoms. The molecule has 1 amide bonds. The predicted octanol–water partition coefficient (Wildman–Crippen LogP) is 2.40. The van der Waals surface area contributed by atoms with E-state index >= 15 is 0 Å². The number of carbonyl (C=O) groups excluding carboxylic acids is 1. The van der Waals surface area contributed by atoms with Gasteiger partial charge in [-0.2, -0.15) is 9.61 Å². The highest BCUT2D eigenvalue weighted by atomic mass is 16.1. The second-order valence-corrected chi connectivity index (χ2v) is 6.63. The lowest BCUT2D eigenvalue weighted by atomic mass is 9.85. The van der Waals surface area contributed by atoms with Gasteiger partial charge in [0.2, 0.25) is 0 Å². The Morgan fingerprint density at radius 3 is 2.75 bits per heavy atom. The molecule has 0 bridgehead atoms. The molecule has 1 aromatic carbocycles. The molecular weight excluding hydrogens is 304 g/mol. The summed E-state index contributed by atoms with van der Waals surface area (Å²) in [6.45, 7) is 0. The van der Waals surface area contributed by atoms with E-state index in [4.69, 9.17) is 5.73 Å². The lowest BCUT2D eigenvalue weighted by Gasteiger charge is -2.20. The van der Waals surface area contributed by atoms with Gasteiger partial charge >= 0.3 is 0 Å². The molecule has 6 heteroatoms. The zero-order valence-electron chi connectivity index (χ0n) is 13.4. The number of primary amides is 1. The number of amides is 1. The number of benzene rings is 1. The van der Waals surface area contributed by atoms with Crippen molar-refractivity contribution in [2.24, 2.45) is 11.7 Å². The summed E-state index contributed by atoms with van der Waals surface area (Å²) in [7, 11) is 0. The Morgan fingerprint density at radius 1 is 1.25 bits per heavy atom. The Kier molecular flexibility index (Phi) is 3.59.